The molecule has 0 atom stereocenters. The summed E-state index contributed by atoms with van der Waals surface area (Å²) in [5.41, 5.74) is 0.386. The van der Waals surface area contributed by atoms with E-state index in [1.54, 1.807) is 28.9 Å². The third-order valence-electron chi connectivity index (χ3n) is 2.52. The lowest BCUT2D eigenvalue weighted by Gasteiger charge is -2.03. The second-order valence-corrected chi connectivity index (χ2v) is 4.80. The van der Waals surface area contributed by atoms with Gasteiger partial charge in [0.1, 0.15) is 11.5 Å². The summed E-state index contributed by atoms with van der Waals surface area (Å²) in [5.74, 6) is 1.57. The van der Waals surface area contributed by atoms with E-state index >= 15 is 0 Å². The zero-order valence-electron chi connectivity index (χ0n) is 9.74. The molecule has 96 valence electrons. The molecule has 0 N–H and O–H groups in total. The molecule has 0 saturated carbocycles. The molecule has 1 aromatic rings. The highest BCUT2D eigenvalue weighted by molar-refractivity contribution is 7.12. The third kappa shape index (κ3) is 3.09. The fraction of sp³-hybridized carbons (Fsp3) is 0.167. The van der Waals surface area contributed by atoms with Gasteiger partial charge in [-0.15, -0.1) is 11.3 Å². The van der Waals surface area contributed by atoms with Crippen LogP contribution in [0.25, 0.3) is 0 Å². The summed E-state index contributed by atoms with van der Waals surface area (Å²) in [6, 6.07) is 1.27. The summed E-state index contributed by atoms with van der Waals surface area (Å²) >= 11 is 1.05. The predicted octanol–water partition coefficient (Wildman–Crippen LogP) is 1.25. The van der Waals surface area contributed by atoms with Gasteiger partial charge in [0.2, 0.25) is 12.3 Å². The molecule has 7 heteroatoms. The molecule has 1 aliphatic rings. The number of nitro groups is 1. The molecule has 6 nitrogen and oxygen atoms in total. The summed E-state index contributed by atoms with van der Waals surface area (Å²) in [4.78, 5) is 32.8. The first-order valence-electron chi connectivity index (χ1n) is 5.36. The fourth-order valence-electron chi connectivity index (χ4n) is 1.61. The summed E-state index contributed by atoms with van der Waals surface area (Å²) in [7, 11) is 0. The van der Waals surface area contributed by atoms with Gasteiger partial charge >= 0.3 is 0 Å². The number of carbonyl (C=O) groups is 1. The van der Waals surface area contributed by atoms with Gasteiger partial charge in [-0.25, -0.2) is 9.37 Å². The molecule has 0 radical (unpaired) electrons. The zero-order valence-corrected chi connectivity index (χ0v) is 10.6. The lowest BCUT2D eigenvalue weighted by molar-refractivity contribution is -0.501. The van der Waals surface area contributed by atoms with Crippen LogP contribution in [-0.2, 0) is 4.79 Å². The van der Waals surface area contributed by atoms with E-state index in [2.05, 4.69) is 0 Å². The Kier molecular flexibility index (Phi) is 3.79. The lowest BCUT2D eigenvalue weighted by Crippen LogP contribution is -2.25. The van der Waals surface area contributed by atoms with Gasteiger partial charge in [0.05, 0.1) is 15.2 Å². The van der Waals surface area contributed by atoms with Crippen LogP contribution in [0, 0.1) is 10.1 Å². The van der Waals surface area contributed by atoms with E-state index < -0.39 is 4.92 Å². The molecule has 0 saturated heterocycles. The minimum Gasteiger partial charge on any atom is -0.286 e. The molecule has 0 aromatic carbocycles. The maximum absolute atomic E-state index is 11.9. The highest BCUT2D eigenvalue weighted by Gasteiger charge is 2.20. The van der Waals surface area contributed by atoms with Gasteiger partial charge in [-0.2, -0.15) is 0 Å². The van der Waals surface area contributed by atoms with Crippen LogP contribution in [0.1, 0.15) is 9.67 Å². The Bertz CT molecular complexity index is 650. The number of hydrogen-bond acceptors (Lipinski definition) is 5. The number of Topliss-reactive ketones (excluding diaryl/α,β-unsaturated/α-hetero) is 1. The highest BCUT2D eigenvalue weighted by atomic mass is 32.1. The molecule has 0 unspecified atom stereocenters. The number of thiophene rings is 1. The van der Waals surface area contributed by atoms with Crippen molar-refractivity contribution in [3.8, 4) is 0 Å². The van der Waals surface area contributed by atoms with E-state index in [4.69, 9.17) is 0 Å². The van der Waals surface area contributed by atoms with E-state index in [1.165, 1.54) is 11.4 Å². The zero-order chi connectivity index (χ0) is 13.8. The van der Waals surface area contributed by atoms with Crippen molar-refractivity contribution >= 4 is 35.0 Å². The van der Waals surface area contributed by atoms with Crippen molar-refractivity contribution in [2.75, 3.05) is 13.1 Å². The molecule has 0 aliphatic carbocycles. The maximum Gasteiger partial charge on any atom is 0.280 e. The quantitative estimate of drug-likeness (QED) is 0.273. The van der Waals surface area contributed by atoms with Crippen molar-refractivity contribution < 1.29 is 19.1 Å². The fourth-order valence-corrected chi connectivity index (χ4v) is 2.40. The van der Waals surface area contributed by atoms with Crippen LogP contribution in [0.2, 0.25) is 0 Å². The number of carbonyl (C=O) groups excluding carboxylic acids is 2. The van der Waals surface area contributed by atoms with Crippen molar-refractivity contribution in [1.82, 2.24) is 0 Å². The molecule has 1 aliphatic heterocycles. The minimum atomic E-state index is -0.531. The Morgan fingerprint density at radius 1 is 1.58 bits per heavy atom. The molecule has 2 rings (SSSR count). The van der Waals surface area contributed by atoms with Crippen molar-refractivity contribution in [2.45, 2.75) is 0 Å². The number of allylic oxidation sites excluding steroid dienone is 1. The maximum atomic E-state index is 11.9. The van der Waals surface area contributed by atoms with Crippen LogP contribution in [-0.4, -0.2) is 40.5 Å². The Morgan fingerprint density at radius 2 is 2.37 bits per heavy atom. The van der Waals surface area contributed by atoms with Gasteiger partial charge in [0, 0.05) is 12.1 Å². The third-order valence-corrected chi connectivity index (χ3v) is 3.48. The summed E-state index contributed by atoms with van der Waals surface area (Å²) in [6.07, 6.45) is 4.98. The lowest BCUT2D eigenvalue weighted by atomic mass is 10.2. The Labute approximate surface area is 112 Å². The topological polar surface area (TPSA) is 80.3 Å². The highest BCUT2D eigenvalue weighted by Crippen LogP contribution is 2.21. The summed E-state index contributed by atoms with van der Waals surface area (Å²) in [6.45, 7) is 0.395. The molecule has 0 spiro atoms. The van der Waals surface area contributed by atoms with Gasteiger partial charge in [-0.05, 0) is 6.08 Å². The normalized spacial score (nSPS) is 13.9. The summed E-state index contributed by atoms with van der Waals surface area (Å²) in [5, 5.41) is 11.9. The molecule has 0 fully saturated rings. The average molecular weight is 277 g/mol. The van der Waals surface area contributed by atoms with E-state index in [0.717, 1.165) is 11.3 Å². The van der Waals surface area contributed by atoms with Crippen molar-refractivity contribution in [2.24, 2.45) is 0 Å². The van der Waals surface area contributed by atoms with Crippen LogP contribution in [0.4, 0.5) is 5.69 Å². The van der Waals surface area contributed by atoms with Gasteiger partial charge in [-0.1, -0.05) is 0 Å². The molecule has 0 bridgehead atoms. The van der Waals surface area contributed by atoms with Crippen LogP contribution < -0.4 is 0 Å². The molecule has 0 amide bonds. The minimum absolute atomic E-state index is 0.0766. The Hall–Kier alpha value is -2.37. The smallest absolute Gasteiger partial charge is 0.280 e. The van der Waals surface area contributed by atoms with Gasteiger partial charge in [0.15, 0.2) is 12.8 Å². The second-order valence-electron chi connectivity index (χ2n) is 3.89. The van der Waals surface area contributed by atoms with Crippen LogP contribution in [0.15, 0.2) is 29.2 Å². The SMILES string of the molecule is O=C=C1C=CC=[N+](CC(=O)c2cc([N+](=O)[O-])cs2)C1. The first-order chi connectivity index (χ1) is 9.10. The standard InChI is InChI=1S/C12H9N2O4S/c15-7-9-2-1-3-13(5-9)6-11(16)12-4-10(8-19-12)14(17)18/h1-4,8H,5-6H2/q+1. The first kappa shape index (κ1) is 13.1. The Morgan fingerprint density at radius 3 is 3.00 bits per heavy atom. The predicted molar refractivity (Wildman–Crippen MR) is 69.7 cm³/mol. The van der Waals surface area contributed by atoms with E-state index in [-0.39, 0.29) is 18.0 Å². The van der Waals surface area contributed by atoms with Gasteiger partial charge < -0.3 is 0 Å². The Balaban J connectivity index is 2.09. The first-order valence-corrected chi connectivity index (χ1v) is 6.24. The number of rotatable bonds is 4. The largest absolute Gasteiger partial charge is 0.286 e. The van der Waals surface area contributed by atoms with Crippen molar-refractivity contribution in [3.63, 3.8) is 0 Å². The number of ketones is 1. The second kappa shape index (κ2) is 5.51. The van der Waals surface area contributed by atoms with Crippen LogP contribution in [0.5, 0.6) is 0 Å². The summed E-state index contributed by atoms with van der Waals surface area (Å²) < 4.78 is 1.66. The van der Waals surface area contributed by atoms with Gasteiger partial charge in [0.25, 0.3) is 5.69 Å². The van der Waals surface area contributed by atoms with E-state index in [9.17, 15) is 19.7 Å². The molecular formula is C12H9N2O4S+. The number of hydrogen-bond donors (Lipinski definition) is 0. The molecule has 1 aromatic heterocycles. The molecule has 19 heavy (non-hydrogen) atoms. The van der Waals surface area contributed by atoms with Crippen LogP contribution >= 0.6 is 11.3 Å². The van der Waals surface area contributed by atoms with E-state index in [1.807, 2.05) is 0 Å². The van der Waals surface area contributed by atoms with Crippen molar-refractivity contribution in [3.05, 3.63) is 44.2 Å². The monoisotopic (exact) mass is 277 g/mol. The average Bonchev–Trinajstić information content (AvgIpc) is 2.89. The number of nitrogens with zero attached hydrogens (tertiary/aromatic N) is 2. The molecule has 2 heterocycles. The van der Waals surface area contributed by atoms with Crippen LogP contribution in [0.3, 0.4) is 0 Å². The van der Waals surface area contributed by atoms with Crippen molar-refractivity contribution in [1.29, 1.82) is 0 Å². The van der Waals surface area contributed by atoms with Gasteiger partial charge in [-0.3, -0.25) is 14.9 Å². The molecular weight excluding hydrogens is 268 g/mol. The van der Waals surface area contributed by atoms with E-state index in [0.29, 0.717) is 17.0 Å².